The van der Waals surface area contributed by atoms with Crippen LogP contribution in [0.4, 0.5) is 0 Å². The van der Waals surface area contributed by atoms with E-state index in [2.05, 4.69) is 0 Å². The summed E-state index contributed by atoms with van der Waals surface area (Å²) in [5, 5.41) is 0. The van der Waals surface area contributed by atoms with Gasteiger partial charge in [-0.3, -0.25) is 0 Å². The van der Waals surface area contributed by atoms with E-state index in [1.807, 2.05) is 0 Å². The van der Waals surface area contributed by atoms with Crippen molar-refractivity contribution < 1.29 is 3050 Å². The fourth-order valence-corrected chi connectivity index (χ4v) is 0. The maximum absolute atomic E-state index is 0. The van der Waals surface area contributed by atoms with Gasteiger partial charge in [0.25, 0.3) is 0 Å². The Balaban J connectivity index is 0. The molecule has 0 aromatic carbocycles. The molecule has 0 nitrogen and oxygen atoms in total. The SMILES string of the molecule is [Tb].[Tb].[Tb].[Tb].[Tb].[Tb].[Tb].[Tb].[Tb].[Tb].[Tb].[Tb].[Tb].[Tb].[Tb].[Tb].[Tb].[Tb].[Tb].[Tb].[Tb].[Tb].[Tb].[Tb].[Tb].[Tb].[Tb].[Tb].[Tb].[Tb].[Tb].[Tb].[Tb].[Tb].[Tb].[Tb].[Tb].[Tb].[Tb].[Tb].[Tb].[Tb].[Tb].[Tb].[Tb].[Tb].[Tb].[Tb].[Tb].[Tb].[Tb].[Tb].[Tb].[Tb].[Tb].[Tb].[Tb].[Tb].[Tb].[Tb].[Tb].[Tb].[Tb].[Tb].[Tb].[Tb].[Tb].[Tb].[Tb].[Tb].[Tb].[Tb].[Tb].[Tb].[Tb].[Tb].[Tb].[Tb].[Tb]. The van der Waals surface area contributed by atoms with E-state index in [4.69, 9.17) is 0 Å². The number of rotatable bonds is 0. The Labute approximate surface area is 2920 Å². The summed E-state index contributed by atoms with van der Waals surface area (Å²) in [6.07, 6.45) is 0. The molecule has 0 bridgehead atoms. The van der Waals surface area contributed by atoms with Crippen molar-refractivity contribution in [1.82, 2.24) is 0 Å². The van der Waals surface area contributed by atoms with Crippen molar-refractivity contribution in [3.05, 3.63) is 0 Å². The van der Waals surface area contributed by atoms with Crippen LogP contribution in [0.2, 0.25) is 0 Å². The van der Waals surface area contributed by atoms with Crippen molar-refractivity contribution >= 4 is 0 Å². The van der Waals surface area contributed by atoms with E-state index < -0.39 is 0 Å². The summed E-state index contributed by atoms with van der Waals surface area (Å²) in [6.45, 7) is 0. The first kappa shape index (κ1) is 564. The van der Waals surface area contributed by atoms with Crippen LogP contribution in [0.15, 0.2) is 0 Å². The summed E-state index contributed by atoms with van der Waals surface area (Å²) in [5.74, 6) is 0. The van der Waals surface area contributed by atoms with E-state index in [0.717, 1.165) is 0 Å². The first-order chi connectivity index (χ1) is 0. The molecular formula is Tb79. The Hall–Kier alpha value is 102. The molecule has 0 aromatic heterocycles. The molecule has 0 amide bonds. The van der Waals surface area contributed by atoms with Crippen LogP contribution in [0.1, 0.15) is 0 Å². The molecule has 0 saturated carbocycles. The molecule has 0 aromatic rings. The Morgan fingerprint density at radius 3 is 0.0127 bits per heavy atom. The largest absolute Gasteiger partial charge is 0 e. The topological polar surface area (TPSA) is 0 Å². The van der Waals surface area contributed by atoms with E-state index in [1.165, 1.54) is 0 Å². The van der Waals surface area contributed by atoms with E-state index in [-0.39, 0.29) is 3050 Å². The molecule has 0 saturated heterocycles. The molecule has 711 valence electrons. The minimum Gasteiger partial charge on any atom is 0 e. The monoisotopic (exact) mass is 12600 g/mol. The van der Waals surface area contributed by atoms with Crippen molar-refractivity contribution in [1.29, 1.82) is 0 Å². The first-order valence-corrected chi connectivity index (χ1v) is 0. The molecule has 0 aliphatic heterocycles. The zero-order valence-corrected chi connectivity index (χ0v) is 195. The molecule has 0 aliphatic rings. The third-order valence-corrected chi connectivity index (χ3v) is 0. The van der Waals surface area contributed by atoms with Gasteiger partial charge in [0.2, 0.25) is 0 Å². The smallest absolute Gasteiger partial charge is 0 e. The van der Waals surface area contributed by atoms with E-state index in [0.29, 0.717) is 0 Å². The second kappa shape index (κ2) is 555. The molecule has 79 radical (unpaired) electrons. The van der Waals surface area contributed by atoms with Gasteiger partial charge < -0.3 is 0 Å². The molecular weight excluding hydrogens is 12600 g/mol. The Kier molecular flexibility index (Phi) is 3970. The van der Waals surface area contributed by atoms with Gasteiger partial charge in [0.05, 0.1) is 0 Å². The van der Waals surface area contributed by atoms with Gasteiger partial charge in [-0.25, -0.2) is 0 Å². The van der Waals surface area contributed by atoms with Gasteiger partial charge >= 0.3 is 0 Å². The molecule has 0 rings (SSSR count). The molecule has 0 heterocycles. The third kappa shape index (κ3) is 549. The molecule has 0 aliphatic carbocycles. The summed E-state index contributed by atoms with van der Waals surface area (Å²) in [7, 11) is 0. The fourth-order valence-electron chi connectivity index (χ4n) is 0. The van der Waals surface area contributed by atoms with Gasteiger partial charge in [-0.1, -0.05) is 0 Å². The van der Waals surface area contributed by atoms with Gasteiger partial charge in [-0.15, -0.1) is 0 Å². The quantitative estimate of drug-likeness (QED) is 0.321. The number of hydrogen-bond donors (Lipinski definition) is 0. The van der Waals surface area contributed by atoms with Crippen molar-refractivity contribution in [2.75, 3.05) is 0 Å². The Bertz CT molecular complexity index is 0. The van der Waals surface area contributed by atoms with E-state index >= 15 is 0 Å². The maximum atomic E-state index is 0. The van der Waals surface area contributed by atoms with Gasteiger partial charge in [-0.05, 0) is 0 Å². The van der Waals surface area contributed by atoms with Crippen molar-refractivity contribution in [2.45, 2.75) is 0 Å². The van der Waals surface area contributed by atoms with Crippen LogP contribution in [0.5, 0.6) is 0 Å². The summed E-state index contributed by atoms with van der Waals surface area (Å²) in [6, 6.07) is 0. The molecule has 0 spiro atoms. The molecule has 0 atom stereocenters. The van der Waals surface area contributed by atoms with Crippen LogP contribution in [0.3, 0.4) is 0 Å². The van der Waals surface area contributed by atoms with Gasteiger partial charge in [0.1, 0.15) is 0 Å². The zero-order valence-electron chi connectivity index (χ0n) is 26.3. The predicted octanol–water partition coefficient (Wildman–Crippen LogP) is 0. The van der Waals surface area contributed by atoms with Gasteiger partial charge in [-0.2, -0.15) is 0 Å². The summed E-state index contributed by atoms with van der Waals surface area (Å²) in [4.78, 5) is 0. The standard InChI is InChI=1S/79Tb. The average molecular weight is 12600 g/mol. The fraction of sp³-hybridized carbons (Fsp3) is 0. The minimum atomic E-state index is 0. The molecule has 79 heteroatoms. The van der Waals surface area contributed by atoms with Crippen LogP contribution >= 0.6 is 0 Å². The first-order valence-electron chi connectivity index (χ1n) is 0. The second-order valence-corrected chi connectivity index (χ2v) is 0. The minimum absolute atomic E-state index is 0. The average Bonchev–Trinajstić information content (AvgIpc) is 0. The Morgan fingerprint density at radius 2 is 0.0127 bits per heavy atom. The summed E-state index contributed by atoms with van der Waals surface area (Å²) >= 11 is 0. The molecule has 0 unspecified atom stereocenters. The maximum Gasteiger partial charge on any atom is 0 e. The van der Waals surface area contributed by atoms with Gasteiger partial charge in [0.15, 0.2) is 0 Å². The molecule has 79 heavy (non-hydrogen) atoms. The predicted molar refractivity (Wildman–Crippen MR) is 0 cm³/mol. The zero-order chi connectivity index (χ0) is 0. The summed E-state index contributed by atoms with van der Waals surface area (Å²) < 4.78 is 0. The van der Waals surface area contributed by atoms with Crippen LogP contribution in [0.25, 0.3) is 0 Å². The van der Waals surface area contributed by atoms with E-state index in [1.54, 1.807) is 0 Å². The van der Waals surface area contributed by atoms with Crippen molar-refractivity contribution in [3.63, 3.8) is 0 Å². The van der Waals surface area contributed by atoms with Gasteiger partial charge in [0, 0.05) is 3050 Å². The number of hydrogen-bond acceptors (Lipinski definition) is 0. The molecule has 0 fully saturated rings. The van der Waals surface area contributed by atoms with Crippen LogP contribution in [0, 0.1) is 3050 Å². The van der Waals surface area contributed by atoms with E-state index in [9.17, 15) is 0 Å². The van der Waals surface area contributed by atoms with Crippen LogP contribution < -0.4 is 0 Å². The Morgan fingerprint density at radius 1 is 0.0127 bits per heavy atom. The van der Waals surface area contributed by atoms with Crippen molar-refractivity contribution in [3.8, 4) is 0 Å². The van der Waals surface area contributed by atoms with Crippen LogP contribution in [-0.4, -0.2) is 0 Å². The van der Waals surface area contributed by atoms with Crippen LogP contribution in [-0.2, 0) is 0 Å². The normalized spacial score (nSPS) is 0. The summed E-state index contributed by atoms with van der Waals surface area (Å²) in [5.41, 5.74) is 0. The second-order valence-electron chi connectivity index (χ2n) is 0. The third-order valence-electron chi connectivity index (χ3n) is 0. The molecule has 0 N–H and O–H groups in total. The van der Waals surface area contributed by atoms with Crippen molar-refractivity contribution in [2.24, 2.45) is 0 Å².